The van der Waals surface area contributed by atoms with E-state index in [1.807, 2.05) is 0 Å². The van der Waals surface area contributed by atoms with E-state index in [1.54, 1.807) is 0 Å². The molecule has 0 bridgehead atoms. The largest absolute Gasteiger partial charge is 0.312 e. The lowest BCUT2D eigenvalue weighted by atomic mass is 9.85. The molecule has 1 N–H and O–H groups in total. The normalized spacial score (nSPS) is 20.4. The van der Waals surface area contributed by atoms with Crippen LogP contribution in [0.15, 0.2) is 0 Å². The van der Waals surface area contributed by atoms with Gasteiger partial charge in [0, 0.05) is 18.6 Å². The van der Waals surface area contributed by atoms with Crippen molar-refractivity contribution in [2.75, 3.05) is 20.1 Å². The summed E-state index contributed by atoms with van der Waals surface area (Å²) in [7, 11) is 2.28. The lowest BCUT2D eigenvalue weighted by molar-refractivity contribution is 0.116. The van der Waals surface area contributed by atoms with Crippen LogP contribution in [0.4, 0.5) is 0 Å². The molecular weight excluding hydrogens is 184 g/mol. The Morgan fingerprint density at radius 1 is 1.33 bits per heavy atom. The molecule has 2 nitrogen and oxygen atoms in total. The van der Waals surface area contributed by atoms with Crippen molar-refractivity contribution in [3.63, 3.8) is 0 Å². The molecule has 0 aliphatic heterocycles. The molecule has 0 radical (unpaired) electrons. The van der Waals surface area contributed by atoms with Crippen LogP contribution in [0.25, 0.3) is 0 Å². The highest BCUT2D eigenvalue weighted by Crippen LogP contribution is 2.26. The van der Waals surface area contributed by atoms with Crippen LogP contribution in [-0.2, 0) is 0 Å². The van der Waals surface area contributed by atoms with Gasteiger partial charge in [-0.2, -0.15) is 0 Å². The smallest absolute Gasteiger partial charge is 0.0243 e. The zero-order valence-electron chi connectivity index (χ0n) is 11.1. The Balaban J connectivity index is 2.42. The maximum atomic E-state index is 3.61. The first kappa shape index (κ1) is 13.0. The van der Waals surface area contributed by atoms with Crippen molar-refractivity contribution in [3.8, 4) is 0 Å². The molecule has 0 spiro atoms. The number of nitrogens with one attached hydrogen (secondary N) is 1. The molecule has 1 rings (SSSR count). The van der Waals surface area contributed by atoms with Crippen molar-refractivity contribution < 1.29 is 0 Å². The zero-order chi connectivity index (χ0) is 11.5. The van der Waals surface area contributed by atoms with Crippen molar-refractivity contribution >= 4 is 0 Å². The predicted molar refractivity (Wildman–Crippen MR) is 67.2 cm³/mol. The van der Waals surface area contributed by atoms with Crippen molar-refractivity contribution in [3.05, 3.63) is 0 Å². The van der Waals surface area contributed by atoms with E-state index in [4.69, 9.17) is 0 Å². The molecule has 1 saturated carbocycles. The minimum Gasteiger partial charge on any atom is -0.312 e. The van der Waals surface area contributed by atoms with Gasteiger partial charge in [-0.1, -0.05) is 34.1 Å². The number of rotatable bonds is 5. The third-order valence-corrected chi connectivity index (χ3v) is 3.66. The molecule has 1 atom stereocenters. The van der Waals surface area contributed by atoms with Crippen LogP contribution in [0.2, 0.25) is 0 Å². The molecular formula is C13H28N2. The number of hydrogen-bond acceptors (Lipinski definition) is 2. The van der Waals surface area contributed by atoms with Gasteiger partial charge in [0.1, 0.15) is 0 Å². The molecule has 0 aromatic rings. The van der Waals surface area contributed by atoms with Gasteiger partial charge in [0.25, 0.3) is 0 Å². The topological polar surface area (TPSA) is 15.3 Å². The lowest BCUT2D eigenvalue weighted by Gasteiger charge is -2.40. The SMILES string of the molecule is CCNC(CN(C)C1CCC1)C(C)(C)C. The van der Waals surface area contributed by atoms with Crippen LogP contribution in [0.5, 0.6) is 0 Å². The van der Waals surface area contributed by atoms with E-state index < -0.39 is 0 Å². The van der Waals surface area contributed by atoms with E-state index >= 15 is 0 Å². The molecule has 1 unspecified atom stereocenters. The number of hydrogen-bond donors (Lipinski definition) is 1. The van der Waals surface area contributed by atoms with Crippen LogP contribution in [0.1, 0.15) is 47.0 Å². The Morgan fingerprint density at radius 3 is 2.27 bits per heavy atom. The highest BCUT2D eigenvalue weighted by Gasteiger charge is 2.29. The molecule has 1 aliphatic carbocycles. The second-order valence-corrected chi connectivity index (χ2v) is 6.00. The van der Waals surface area contributed by atoms with E-state index in [2.05, 4.69) is 45.0 Å². The maximum Gasteiger partial charge on any atom is 0.0243 e. The highest BCUT2D eigenvalue weighted by atomic mass is 15.2. The average Bonchev–Trinajstić information content (AvgIpc) is 1.98. The summed E-state index contributed by atoms with van der Waals surface area (Å²) in [5.74, 6) is 0. The van der Waals surface area contributed by atoms with Crippen LogP contribution in [0.3, 0.4) is 0 Å². The monoisotopic (exact) mass is 212 g/mol. The fourth-order valence-corrected chi connectivity index (χ4v) is 2.16. The molecule has 0 amide bonds. The van der Waals surface area contributed by atoms with Crippen molar-refractivity contribution in [1.82, 2.24) is 10.2 Å². The third kappa shape index (κ3) is 3.76. The summed E-state index contributed by atoms with van der Waals surface area (Å²) in [6.07, 6.45) is 4.23. The van der Waals surface area contributed by atoms with Crippen molar-refractivity contribution in [2.24, 2.45) is 5.41 Å². The summed E-state index contributed by atoms with van der Waals surface area (Å²) >= 11 is 0. The van der Waals surface area contributed by atoms with E-state index in [9.17, 15) is 0 Å². The van der Waals surface area contributed by atoms with Crippen LogP contribution < -0.4 is 5.32 Å². The first-order chi connectivity index (χ1) is 6.95. The second kappa shape index (κ2) is 5.31. The molecule has 0 heterocycles. The molecule has 2 heteroatoms. The molecule has 1 aliphatic rings. The van der Waals surface area contributed by atoms with Gasteiger partial charge in [-0.05, 0) is 31.8 Å². The van der Waals surface area contributed by atoms with E-state index in [0.29, 0.717) is 11.5 Å². The Morgan fingerprint density at radius 2 is 1.93 bits per heavy atom. The summed E-state index contributed by atoms with van der Waals surface area (Å²) in [5.41, 5.74) is 0.355. The standard InChI is InChI=1S/C13H28N2/c1-6-14-12(13(2,3)4)10-15(5)11-8-7-9-11/h11-12,14H,6-10H2,1-5H3. The van der Waals surface area contributed by atoms with Gasteiger partial charge in [-0.25, -0.2) is 0 Å². The summed E-state index contributed by atoms with van der Waals surface area (Å²) in [4.78, 5) is 2.54. The van der Waals surface area contributed by atoms with Crippen LogP contribution in [0, 0.1) is 5.41 Å². The quantitative estimate of drug-likeness (QED) is 0.753. The Kier molecular flexibility index (Phi) is 4.60. The molecule has 15 heavy (non-hydrogen) atoms. The van der Waals surface area contributed by atoms with Gasteiger partial charge in [-0.15, -0.1) is 0 Å². The van der Waals surface area contributed by atoms with Gasteiger partial charge in [0.05, 0.1) is 0 Å². The minimum absolute atomic E-state index is 0.355. The first-order valence-electron chi connectivity index (χ1n) is 6.38. The van der Waals surface area contributed by atoms with E-state index in [-0.39, 0.29) is 0 Å². The summed E-state index contributed by atoms with van der Waals surface area (Å²) in [5, 5.41) is 3.61. The Bertz CT molecular complexity index is 179. The second-order valence-electron chi connectivity index (χ2n) is 6.00. The van der Waals surface area contributed by atoms with Crippen LogP contribution in [-0.4, -0.2) is 37.1 Å². The molecule has 0 aromatic heterocycles. The van der Waals surface area contributed by atoms with E-state index in [1.165, 1.54) is 25.8 Å². The summed E-state index contributed by atoms with van der Waals surface area (Å²) < 4.78 is 0. The van der Waals surface area contributed by atoms with Crippen LogP contribution >= 0.6 is 0 Å². The van der Waals surface area contributed by atoms with Gasteiger partial charge >= 0.3 is 0 Å². The van der Waals surface area contributed by atoms with Gasteiger partial charge in [-0.3, -0.25) is 0 Å². The van der Waals surface area contributed by atoms with Gasteiger partial charge in [0.2, 0.25) is 0 Å². The number of likely N-dealkylation sites (N-methyl/N-ethyl adjacent to an activating group) is 2. The molecule has 90 valence electrons. The minimum atomic E-state index is 0.355. The average molecular weight is 212 g/mol. The molecule has 1 fully saturated rings. The van der Waals surface area contributed by atoms with Gasteiger partial charge < -0.3 is 10.2 Å². The fourth-order valence-electron chi connectivity index (χ4n) is 2.16. The predicted octanol–water partition coefficient (Wildman–Crippen LogP) is 2.49. The highest BCUT2D eigenvalue weighted by molar-refractivity contribution is 4.86. The van der Waals surface area contributed by atoms with Crippen molar-refractivity contribution in [1.29, 1.82) is 0 Å². The summed E-state index contributed by atoms with van der Waals surface area (Å²) in [6, 6.07) is 1.46. The van der Waals surface area contributed by atoms with Gasteiger partial charge in [0.15, 0.2) is 0 Å². The molecule has 0 saturated heterocycles. The maximum absolute atomic E-state index is 3.61. The Hall–Kier alpha value is -0.0800. The zero-order valence-corrected chi connectivity index (χ0v) is 11.1. The fraction of sp³-hybridized carbons (Fsp3) is 1.00. The summed E-state index contributed by atoms with van der Waals surface area (Å²) in [6.45, 7) is 11.4. The third-order valence-electron chi connectivity index (χ3n) is 3.66. The Labute approximate surface area is 95.4 Å². The van der Waals surface area contributed by atoms with Crippen molar-refractivity contribution in [2.45, 2.75) is 59.0 Å². The first-order valence-corrected chi connectivity index (χ1v) is 6.38. The lowest BCUT2D eigenvalue weighted by Crippen LogP contribution is -2.51. The molecule has 0 aromatic carbocycles. The number of nitrogens with zero attached hydrogens (tertiary/aromatic N) is 1. The van der Waals surface area contributed by atoms with E-state index in [0.717, 1.165) is 12.6 Å².